The summed E-state index contributed by atoms with van der Waals surface area (Å²) in [5.74, 6) is 0. The lowest BCUT2D eigenvalue weighted by Gasteiger charge is -2.34. The third-order valence-corrected chi connectivity index (χ3v) is 4.18. The molecule has 0 saturated heterocycles. The lowest BCUT2D eigenvalue weighted by Crippen LogP contribution is -2.32. The number of hydrogen-bond donors (Lipinski definition) is 1. The van der Waals surface area contributed by atoms with E-state index >= 15 is 0 Å². The van der Waals surface area contributed by atoms with Gasteiger partial charge in [-0.15, -0.1) is 0 Å². The molecule has 1 N–H and O–H groups in total. The zero-order valence-electron chi connectivity index (χ0n) is 14.2. The van der Waals surface area contributed by atoms with E-state index < -0.39 is 0 Å². The Hall–Kier alpha value is -1.35. The first-order valence-corrected chi connectivity index (χ1v) is 8.02. The molecule has 0 spiro atoms. The summed E-state index contributed by atoms with van der Waals surface area (Å²) < 4.78 is 0. The maximum absolute atomic E-state index is 4.46. The highest BCUT2D eigenvalue weighted by molar-refractivity contribution is 5.55. The smallest absolute Gasteiger partial charge is 0.0448 e. The molecule has 0 bridgehead atoms. The summed E-state index contributed by atoms with van der Waals surface area (Å²) in [6.07, 6.45) is 5.60. The van der Waals surface area contributed by atoms with Gasteiger partial charge in [-0.1, -0.05) is 39.3 Å². The molecule has 2 heterocycles. The number of pyridine rings is 1. The molecular formula is C18H29N3. The topological polar surface area (TPSA) is 28.2 Å². The van der Waals surface area contributed by atoms with Crippen LogP contribution in [0.25, 0.3) is 0 Å². The molecule has 1 aromatic heterocycles. The summed E-state index contributed by atoms with van der Waals surface area (Å²) in [6, 6.07) is 2.22. The van der Waals surface area contributed by atoms with Gasteiger partial charge in [-0.05, 0) is 31.4 Å². The molecular weight excluding hydrogens is 258 g/mol. The summed E-state index contributed by atoms with van der Waals surface area (Å²) in [5, 5.41) is 3.41. The molecule has 0 amide bonds. The van der Waals surface area contributed by atoms with Crippen molar-refractivity contribution in [2.75, 3.05) is 24.5 Å². The number of nitrogens with zero attached hydrogens (tertiary/aromatic N) is 2. The lowest BCUT2D eigenvalue weighted by molar-refractivity contribution is 0.472. The first-order valence-electron chi connectivity index (χ1n) is 8.02. The van der Waals surface area contributed by atoms with E-state index in [1.54, 1.807) is 5.57 Å². The van der Waals surface area contributed by atoms with E-state index in [0.29, 0.717) is 5.41 Å². The summed E-state index contributed by atoms with van der Waals surface area (Å²) in [5.41, 5.74) is 5.61. The van der Waals surface area contributed by atoms with E-state index in [0.717, 1.165) is 38.3 Å². The number of hydrogen-bond acceptors (Lipinski definition) is 3. The van der Waals surface area contributed by atoms with Gasteiger partial charge in [0.15, 0.2) is 0 Å². The van der Waals surface area contributed by atoms with E-state index in [4.69, 9.17) is 0 Å². The highest BCUT2D eigenvalue weighted by Gasteiger charge is 2.22. The highest BCUT2D eigenvalue weighted by atomic mass is 15.1. The zero-order valence-corrected chi connectivity index (χ0v) is 14.2. The minimum absolute atomic E-state index is 0.298. The molecule has 3 nitrogen and oxygen atoms in total. The summed E-state index contributed by atoms with van der Waals surface area (Å²) >= 11 is 0. The van der Waals surface area contributed by atoms with Gasteiger partial charge in [0.05, 0.1) is 0 Å². The summed E-state index contributed by atoms with van der Waals surface area (Å²) in [6.45, 7) is 15.1. The van der Waals surface area contributed by atoms with Crippen LogP contribution >= 0.6 is 0 Å². The van der Waals surface area contributed by atoms with Gasteiger partial charge in [-0.3, -0.25) is 4.98 Å². The summed E-state index contributed by atoms with van der Waals surface area (Å²) in [7, 11) is 0. The third kappa shape index (κ3) is 4.07. The fraction of sp³-hybridized carbons (Fsp3) is 0.611. The van der Waals surface area contributed by atoms with Gasteiger partial charge < -0.3 is 10.2 Å². The van der Waals surface area contributed by atoms with E-state index in [9.17, 15) is 0 Å². The molecule has 0 aliphatic carbocycles. The van der Waals surface area contributed by atoms with Crippen LogP contribution in [0.2, 0.25) is 0 Å². The van der Waals surface area contributed by atoms with Gasteiger partial charge in [0, 0.05) is 42.8 Å². The Morgan fingerprint density at radius 1 is 1.33 bits per heavy atom. The van der Waals surface area contributed by atoms with E-state index in [2.05, 4.69) is 62.0 Å². The fourth-order valence-corrected chi connectivity index (χ4v) is 2.83. The number of nitrogens with one attached hydrogen (secondary N) is 1. The van der Waals surface area contributed by atoms with Crippen molar-refractivity contribution in [2.24, 2.45) is 5.41 Å². The van der Waals surface area contributed by atoms with Crippen LogP contribution in [0.15, 0.2) is 23.9 Å². The zero-order chi connectivity index (χ0) is 15.5. The predicted molar refractivity (Wildman–Crippen MR) is 90.7 cm³/mol. The van der Waals surface area contributed by atoms with Crippen LogP contribution in [-0.4, -0.2) is 24.6 Å². The highest BCUT2D eigenvalue weighted by Crippen LogP contribution is 2.32. The van der Waals surface area contributed by atoms with Gasteiger partial charge in [0.2, 0.25) is 0 Å². The number of rotatable bonds is 4. The van der Waals surface area contributed by atoms with Crippen molar-refractivity contribution < 1.29 is 0 Å². The first-order chi connectivity index (χ1) is 9.91. The van der Waals surface area contributed by atoms with Crippen molar-refractivity contribution in [1.29, 1.82) is 0 Å². The molecule has 0 saturated carbocycles. The van der Waals surface area contributed by atoms with Crippen molar-refractivity contribution in [2.45, 2.75) is 47.6 Å². The van der Waals surface area contributed by atoms with E-state index in [-0.39, 0.29) is 0 Å². The van der Waals surface area contributed by atoms with Gasteiger partial charge >= 0.3 is 0 Å². The average Bonchev–Trinajstić information content (AvgIpc) is 2.45. The van der Waals surface area contributed by atoms with Crippen molar-refractivity contribution in [3.05, 3.63) is 35.2 Å². The second-order valence-electron chi connectivity index (χ2n) is 6.91. The van der Waals surface area contributed by atoms with Crippen LogP contribution in [0.4, 0.5) is 5.69 Å². The van der Waals surface area contributed by atoms with Gasteiger partial charge in [-0.25, -0.2) is 0 Å². The predicted octanol–water partition coefficient (Wildman–Crippen LogP) is 3.68. The number of aromatic nitrogens is 1. The molecule has 0 fully saturated rings. The molecule has 1 aliphatic heterocycles. The van der Waals surface area contributed by atoms with Crippen LogP contribution < -0.4 is 10.2 Å². The van der Waals surface area contributed by atoms with E-state index in [1.807, 2.05) is 6.20 Å². The molecule has 3 heteroatoms. The largest absolute Gasteiger partial charge is 0.367 e. The molecule has 21 heavy (non-hydrogen) atoms. The first kappa shape index (κ1) is 16.0. The van der Waals surface area contributed by atoms with Crippen LogP contribution in [0.5, 0.6) is 0 Å². The maximum atomic E-state index is 4.46. The Morgan fingerprint density at radius 2 is 2.10 bits per heavy atom. The lowest BCUT2D eigenvalue weighted by atomic mass is 9.83. The standard InChI is InChI=1S/C18H29N3/c1-6-19-12-15-13-20-14(2)11-17(15)21-9-7-16(8-10-21)18(3,4)5/h7,11,13,19H,6,8-10,12H2,1-5H3. The SMILES string of the molecule is CCNCc1cnc(C)cc1N1CC=C(C(C)(C)C)CC1. The van der Waals surface area contributed by atoms with Crippen molar-refractivity contribution >= 4 is 5.69 Å². The molecule has 0 unspecified atom stereocenters. The quantitative estimate of drug-likeness (QED) is 0.856. The fourth-order valence-electron chi connectivity index (χ4n) is 2.83. The Kier molecular flexibility index (Phi) is 5.04. The number of aryl methyl sites for hydroxylation is 1. The third-order valence-electron chi connectivity index (χ3n) is 4.18. The van der Waals surface area contributed by atoms with Gasteiger partial charge in [0.1, 0.15) is 0 Å². The Morgan fingerprint density at radius 3 is 2.67 bits per heavy atom. The normalized spacial score (nSPS) is 16.0. The maximum Gasteiger partial charge on any atom is 0.0448 e. The molecule has 1 aromatic rings. The Bertz CT molecular complexity index is 512. The van der Waals surface area contributed by atoms with Gasteiger partial charge in [0.25, 0.3) is 0 Å². The average molecular weight is 287 g/mol. The molecule has 0 radical (unpaired) electrons. The molecule has 1 aliphatic rings. The van der Waals surface area contributed by atoms with Crippen LogP contribution in [0.1, 0.15) is 45.4 Å². The number of anilines is 1. The second kappa shape index (κ2) is 6.61. The molecule has 0 atom stereocenters. The second-order valence-corrected chi connectivity index (χ2v) is 6.91. The van der Waals surface area contributed by atoms with Crippen molar-refractivity contribution in [1.82, 2.24) is 10.3 Å². The Labute approximate surface area is 129 Å². The minimum atomic E-state index is 0.298. The van der Waals surface area contributed by atoms with E-state index in [1.165, 1.54) is 11.3 Å². The van der Waals surface area contributed by atoms with Crippen LogP contribution in [0, 0.1) is 12.3 Å². The van der Waals surface area contributed by atoms with Crippen molar-refractivity contribution in [3.63, 3.8) is 0 Å². The molecule has 0 aromatic carbocycles. The molecule has 2 rings (SSSR count). The van der Waals surface area contributed by atoms with Gasteiger partial charge in [-0.2, -0.15) is 0 Å². The summed E-state index contributed by atoms with van der Waals surface area (Å²) in [4.78, 5) is 6.94. The van der Waals surface area contributed by atoms with Crippen LogP contribution in [-0.2, 0) is 6.54 Å². The minimum Gasteiger partial charge on any atom is -0.367 e. The monoisotopic (exact) mass is 287 g/mol. The molecule has 116 valence electrons. The Balaban J connectivity index is 2.19. The van der Waals surface area contributed by atoms with Crippen molar-refractivity contribution in [3.8, 4) is 0 Å². The van der Waals surface area contributed by atoms with Crippen LogP contribution in [0.3, 0.4) is 0 Å².